The van der Waals surface area contributed by atoms with Gasteiger partial charge in [0.25, 0.3) is 0 Å². The van der Waals surface area contributed by atoms with Crippen molar-refractivity contribution >= 4 is 5.91 Å². The minimum absolute atomic E-state index is 0.0693. The fourth-order valence-electron chi connectivity index (χ4n) is 2.36. The fourth-order valence-corrected chi connectivity index (χ4v) is 2.36. The van der Waals surface area contributed by atoms with Crippen molar-refractivity contribution in [3.8, 4) is 11.5 Å². The van der Waals surface area contributed by atoms with Gasteiger partial charge in [-0.05, 0) is 33.8 Å². The van der Waals surface area contributed by atoms with Gasteiger partial charge < -0.3 is 14.7 Å². The summed E-state index contributed by atoms with van der Waals surface area (Å²) in [6.45, 7) is 9.10. The van der Waals surface area contributed by atoms with Crippen LogP contribution in [0.2, 0.25) is 0 Å². The minimum atomic E-state index is -0.304. The number of carbonyl (C=O) groups excluding carboxylic acids is 1. The summed E-state index contributed by atoms with van der Waals surface area (Å²) >= 11 is 0. The van der Waals surface area contributed by atoms with Gasteiger partial charge >= 0.3 is 0 Å². The summed E-state index contributed by atoms with van der Waals surface area (Å²) in [6.07, 6.45) is 0. The van der Waals surface area contributed by atoms with E-state index in [1.54, 1.807) is 30.2 Å². The van der Waals surface area contributed by atoms with Crippen molar-refractivity contribution in [3.05, 3.63) is 23.8 Å². The van der Waals surface area contributed by atoms with E-state index in [4.69, 9.17) is 4.74 Å². The number of nitrogens with zero attached hydrogens (tertiary/aromatic N) is 1. The smallest absolute Gasteiger partial charge is 0.239 e. The first-order valence-electron chi connectivity index (χ1n) is 7.36. The van der Waals surface area contributed by atoms with Crippen molar-refractivity contribution in [3.63, 3.8) is 0 Å². The van der Waals surface area contributed by atoms with Gasteiger partial charge in [0.1, 0.15) is 11.5 Å². The molecule has 1 aromatic carbocycles. The molecule has 0 spiro atoms. The van der Waals surface area contributed by atoms with E-state index in [1.165, 1.54) is 0 Å². The highest BCUT2D eigenvalue weighted by atomic mass is 16.5. The van der Waals surface area contributed by atoms with Crippen molar-refractivity contribution in [2.24, 2.45) is 0 Å². The van der Waals surface area contributed by atoms with Crippen LogP contribution in [0, 0.1) is 0 Å². The van der Waals surface area contributed by atoms with Crippen LogP contribution in [0.15, 0.2) is 18.2 Å². The van der Waals surface area contributed by atoms with E-state index in [1.807, 2.05) is 27.7 Å². The number of aromatic hydroxyl groups is 1. The van der Waals surface area contributed by atoms with Crippen LogP contribution < -0.4 is 10.1 Å². The zero-order valence-corrected chi connectivity index (χ0v) is 13.5. The maximum absolute atomic E-state index is 12.2. The van der Waals surface area contributed by atoms with Gasteiger partial charge in [0.2, 0.25) is 5.91 Å². The molecule has 2 unspecified atom stereocenters. The number of amides is 1. The lowest BCUT2D eigenvalue weighted by Gasteiger charge is -2.26. The Morgan fingerprint density at radius 2 is 1.95 bits per heavy atom. The first kappa shape index (κ1) is 17.3. The Morgan fingerprint density at radius 1 is 1.33 bits per heavy atom. The zero-order chi connectivity index (χ0) is 16.0. The van der Waals surface area contributed by atoms with Crippen LogP contribution in [-0.4, -0.2) is 42.2 Å². The summed E-state index contributed by atoms with van der Waals surface area (Å²) in [6, 6.07) is 4.74. The molecule has 0 radical (unpaired) electrons. The number of carbonyl (C=O) groups is 1. The van der Waals surface area contributed by atoms with E-state index < -0.39 is 0 Å². The molecule has 0 bridgehead atoms. The highest BCUT2D eigenvalue weighted by molar-refractivity contribution is 5.81. The molecule has 118 valence electrons. The van der Waals surface area contributed by atoms with Crippen LogP contribution in [0.1, 0.15) is 39.3 Å². The predicted octanol–water partition coefficient (Wildman–Crippen LogP) is 2.31. The second-order valence-corrected chi connectivity index (χ2v) is 5.05. The maximum Gasteiger partial charge on any atom is 0.239 e. The SMILES string of the molecule is CCN(CC)C(=O)C(C)NC(C)c1ccc(OC)cc1O. The molecule has 0 fully saturated rings. The predicted molar refractivity (Wildman–Crippen MR) is 83.6 cm³/mol. The van der Waals surface area contributed by atoms with Crippen molar-refractivity contribution < 1.29 is 14.6 Å². The Bertz CT molecular complexity index is 473. The highest BCUT2D eigenvalue weighted by Gasteiger charge is 2.21. The molecular formula is C16H26N2O3. The van der Waals surface area contributed by atoms with E-state index in [0.29, 0.717) is 18.8 Å². The third kappa shape index (κ3) is 4.36. The monoisotopic (exact) mass is 294 g/mol. The van der Waals surface area contributed by atoms with Crippen LogP contribution in [0.3, 0.4) is 0 Å². The average Bonchev–Trinajstić information content (AvgIpc) is 2.47. The molecule has 0 aliphatic rings. The molecule has 0 saturated heterocycles. The van der Waals surface area contributed by atoms with Crippen molar-refractivity contribution in [2.75, 3.05) is 20.2 Å². The largest absolute Gasteiger partial charge is 0.507 e. The van der Waals surface area contributed by atoms with Crippen LogP contribution in [0.25, 0.3) is 0 Å². The first-order valence-corrected chi connectivity index (χ1v) is 7.36. The summed E-state index contributed by atoms with van der Waals surface area (Å²) in [5.74, 6) is 0.840. The topological polar surface area (TPSA) is 61.8 Å². The second kappa shape index (κ2) is 7.88. The molecule has 0 heterocycles. The van der Waals surface area contributed by atoms with Crippen LogP contribution in [0.5, 0.6) is 11.5 Å². The lowest BCUT2D eigenvalue weighted by atomic mass is 10.1. The second-order valence-electron chi connectivity index (χ2n) is 5.05. The number of rotatable bonds is 7. The standard InChI is InChI=1S/C16H26N2O3/c1-6-18(7-2)16(20)12(4)17-11(3)14-9-8-13(21-5)10-15(14)19/h8-12,17,19H,6-7H2,1-5H3. The van der Waals surface area contributed by atoms with Gasteiger partial charge in [-0.1, -0.05) is 6.07 Å². The van der Waals surface area contributed by atoms with Crippen LogP contribution >= 0.6 is 0 Å². The third-order valence-electron chi connectivity index (χ3n) is 3.65. The quantitative estimate of drug-likeness (QED) is 0.810. The molecule has 0 aliphatic heterocycles. The number of phenols is 1. The molecule has 2 N–H and O–H groups in total. The Balaban J connectivity index is 2.76. The molecule has 0 saturated carbocycles. The Kier molecular flexibility index (Phi) is 6.49. The van der Waals surface area contributed by atoms with Gasteiger partial charge in [0.15, 0.2) is 0 Å². The van der Waals surface area contributed by atoms with Gasteiger partial charge in [-0.2, -0.15) is 0 Å². The van der Waals surface area contributed by atoms with E-state index in [0.717, 1.165) is 5.56 Å². The normalized spacial score (nSPS) is 13.6. The van der Waals surface area contributed by atoms with Crippen molar-refractivity contribution in [1.29, 1.82) is 0 Å². The molecule has 1 amide bonds. The number of likely N-dealkylation sites (N-methyl/N-ethyl adjacent to an activating group) is 1. The molecule has 21 heavy (non-hydrogen) atoms. The van der Waals surface area contributed by atoms with Gasteiger partial charge in [0, 0.05) is 30.8 Å². The van der Waals surface area contributed by atoms with E-state index >= 15 is 0 Å². The number of methoxy groups -OCH3 is 1. The van der Waals surface area contributed by atoms with Gasteiger partial charge in [-0.3, -0.25) is 10.1 Å². The molecule has 1 aromatic rings. The molecule has 0 aromatic heterocycles. The van der Waals surface area contributed by atoms with Gasteiger partial charge in [-0.25, -0.2) is 0 Å². The number of nitrogens with one attached hydrogen (secondary N) is 1. The Hall–Kier alpha value is -1.75. The molecule has 5 heteroatoms. The summed E-state index contributed by atoms with van der Waals surface area (Å²) in [7, 11) is 1.56. The molecule has 1 rings (SSSR count). The Labute approximate surface area is 126 Å². The number of hydrogen-bond donors (Lipinski definition) is 2. The summed E-state index contributed by atoms with van der Waals surface area (Å²) in [5.41, 5.74) is 0.745. The third-order valence-corrected chi connectivity index (χ3v) is 3.65. The minimum Gasteiger partial charge on any atom is -0.507 e. The lowest BCUT2D eigenvalue weighted by Crippen LogP contribution is -2.45. The number of benzene rings is 1. The fraction of sp³-hybridized carbons (Fsp3) is 0.562. The zero-order valence-electron chi connectivity index (χ0n) is 13.5. The van der Waals surface area contributed by atoms with Crippen LogP contribution in [0.4, 0.5) is 0 Å². The molecule has 5 nitrogen and oxygen atoms in total. The van der Waals surface area contributed by atoms with Crippen molar-refractivity contribution in [2.45, 2.75) is 39.8 Å². The van der Waals surface area contributed by atoms with E-state index in [-0.39, 0.29) is 23.7 Å². The van der Waals surface area contributed by atoms with Crippen LogP contribution in [-0.2, 0) is 4.79 Å². The number of hydrogen-bond acceptors (Lipinski definition) is 4. The molecule has 2 atom stereocenters. The first-order chi connectivity index (χ1) is 9.94. The van der Waals surface area contributed by atoms with Gasteiger partial charge in [-0.15, -0.1) is 0 Å². The summed E-state index contributed by atoms with van der Waals surface area (Å²) in [5, 5.41) is 13.3. The van der Waals surface area contributed by atoms with Crippen molar-refractivity contribution in [1.82, 2.24) is 10.2 Å². The summed E-state index contributed by atoms with van der Waals surface area (Å²) in [4.78, 5) is 14.0. The Morgan fingerprint density at radius 3 is 2.43 bits per heavy atom. The lowest BCUT2D eigenvalue weighted by molar-refractivity contribution is -0.132. The molecular weight excluding hydrogens is 268 g/mol. The maximum atomic E-state index is 12.2. The van der Waals surface area contributed by atoms with Gasteiger partial charge in [0.05, 0.1) is 13.2 Å². The summed E-state index contributed by atoms with van der Waals surface area (Å²) < 4.78 is 5.07. The highest BCUT2D eigenvalue weighted by Crippen LogP contribution is 2.28. The average molecular weight is 294 g/mol. The number of phenolic OH excluding ortho intramolecular Hbond substituents is 1. The molecule has 0 aliphatic carbocycles. The van der Waals surface area contributed by atoms with E-state index in [2.05, 4.69) is 5.32 Å². The number of ether oxygens (including phenoxy) is 1. The van der Waals surface area contributed by atoms with E-state index in [9.17, 15) is 9.90 Å².